The number of likely N-dealkylation sites (tertiary alicyclic amines) is 1. The van der Waals surface area contributed by atoms with Gasteiger partial charge in [-0.1, -0.05) is 13.8 Å². The molecule has 0 spiro atoms. The van der Waals surface area contributed by atoms with Crippen molar-refractivity contribution in [3.05, 3.63) is 12.3 Å². The molecule has 2 amide bonds. The van der Waals surface area contributed by atoms with Crippen LogP contribution in [0, 0.1) is 5.92 Å². The average molecular weight is 336 g/mol. The molecule has 0 radical (unpaired) electrons. The number of carbonyl (C=O) groups excluding carboxylic acids is 2. The standard InChI is InChI=1S/C17H28N4O3/c1-13(2)12-16(22)19-15-4-8-18-21(15)14-5-9-20(10-6-14)17(23)7-11-24-3/h4,8,13-14H,5-7,9-12H2,1-3H3,(H,19,22). The van der Waals surface area contributed by atoms with Crippen molar-refractivity contribution >= 4 is 17.6 Å². The van der Waals surface area contributed by atoms with Crippen LogP contribution in [-0.4, -0.2) is 53.3 Å². The van der Waals surface area contributed by atoms with Crippen molar-refractivity contribution in [1.82, 2.24) is 14.7 Å². The Labute approximate surface area is 143 Å². The summed E-state index contributed by atoms with van der Waals surface area (Å²) in [7, 11) is 1.60. The lowest BCUT2D eigenvalue weighted by Crippen LogP contribution is -2.39. The Balaban J connectivity index is 1.89. The zero-order chi connectivity index (χ0) is 17.5. The van der Waals surface area contributed by atoms with Gasteiger partial charge in [-0.05, 0) is 18.8 Å². The van der Waals surface area contributed by atoms with Crippen LogP contribution in [0.15, 0.2) is 12.3 Å². The Bertz CT molecular complexity index is 548. The third-order valence-electron chi connectivity index (χ3n) is 4.21. The molecule has 1 aliphatic rings. The number of rotatable bonds is 7. The predicted octanol–water partition coefficient (Wildman–Crippen LogP) is 2.07. The molecule has 0 saturated carbocycles. The highest BCUT2D eigenvalue weighted by atomic mass is 16.5. The van der Waals surface area contributed by atoms with Crippen molar-refractivity contribution in [3.63, 3.8) is 0 Å². The van der Waals surface area contributed by atoms with Crippen LogP contribution >= 0.6 is 0 Å². The molecule has 2 rings (SSSR count). The maximum absolute atomic E-state index is 12.0. The minimum atomic E-state index is 0.0129. The van der Waals surface area contributed by atoms with E-state index in [0.29, 0.717) is 38.5 Å². The summed E-state index contributed by atoms with van der Waals surface area (Å²) in [6.07, 6.45) is 4.32. The number of nitrogens with zero attached hydrogens (tertiary/aromatic N) is 3. The molecule has 1 N–H and O–H groups in total. The second kappa shape index (κ2) is 8.82. The zero-order valence-electron chi connectivity index (χ0n) is 14.8. The molecule has 7 heteroatoms. The molecule has 1 aliphatic heterocycles. The van der Waals surface area contributed by atoms with E-state index in [1.54, 1.807) is 13.3 Å². The lowest BCUT2D eigenvalue weighted by molar-refractivity contribution is -0.133. The van der Waals surface area contributed by atoms with Gasteiger partial charge in [-0.15, -0.1) is 0 Å². The van der Waals surface area contributed by atoms with Gasteiger partial charge in [0.1, 0.15) is 5.82 Å². The summed E-state index contributed by atoms with van der Waals surface area (Å²) in [5.41, 5.74) is 0. The number of nitrogens with one attached hydrogen (secondary N) is 1. The van der Waals surface area contributed by atoms with E-state index >= 15 is 0 Å². The van der Waals surface area contributed by atoms with Gasteiger partial charge < -0.3 is 15.0 Å². The molecule has 1 fully saturated rings. The molecule has 2 heterocycles. The van der Waals surface area contributed by atoms with Crippen molar-refractivity contribution in [3.8, 4) is 0 Å². The number of anilines is 1. The van der Waals surface area contributed by atoms with Gasteiger partial charge in [-0.3, -0.25) is 9.59 Å². The molecule has 0 aliphatic carbocycles. The fourth-order valence-electron chi connectivity index (χ4n) is 2.98. The maximum atomic E-state index is 12.0. The molecule has 0 bridgehead atoms. The van der Waals surface area contributed by atoms with E-state index in [4.69, 9.17) is 4.74 Å². The van der Waals surface area contributed by atoms with Crippen LogP contribution in [0.25, 0.3) is 0 Å². The molecule has 7 nitrogen and oxygen atoms in total. The largest absolute Gasteiger partial charge is 0.384 e. The summed E-state index contributed by atoms with van der Waals surface area (Å²) >= 11 is 0. The van der Waals surface area contributed by atoms with E-state index in [0.717, 1.165) is 18.7 Å². The van der Waals surface area contributed by atoms with Gasteiger partial charge in [0.2, 0.25) is 11.8 Å². The van der Waals surface area contributed by atoms with Crippen LogP contribution in [0.4, 0.5) is 5.82 Å². The van der Waals surface area contributed by atoms with Crippen LogP contribution in [-0.2, 0) is 14.3 Å². The quantitative estimate of drug-likeness (QED) is 0.827. The van der Waals surface area contributed by atoms with E-state index in [9.17, 15) is 9.59 Å². The maximum Gasteiger partial charge on any atom is 0.225 e. The Morgan fingerprint density at radius 3 is 2.71 bits per heavy atom. The third-order valence-corrected chi connectivity index (χ3v) is 4.21. The number of hydrogen-bond acceptors (Lipinski definition) is 4. The van der Waals surface area contributed by atoms with Gasteiger partial charge >= 0.3 is 0 Å². The first-order valence-electron chi connectivity index (χ1n) is 8.61. The van der Waals surface area contributed by atoms with Crippen molar-refractivity contribution in [2.75, 3.05) is 32.1 Å². The van der Waals surface area contributed by atoms with E-state index in [2.05, 4.69) is 10.4 Å². The number of methoxy groups -OCH3 is 1. The fourth-order valence-corrected chi connectivity index (χ4v) is 2.98. The van der Waals surface area contributed by atoms with Crippen LogP contribution < -0.4 is 5.32 Å². The zero-order valence-corrected chi connectivity index (χ0v) is 14.8. The van der Waals surface area contributed by atoms with E-state index in [-0.39, 0.29) is 17.9 Å². The average Bonchev–Trinajstić information content (AvgIpc) is 2.99. The molecule has 24 heavy (non-hydrogen) atoms. The highest BCUT2D eigenvalue weighted by Gasteiger charge is 2.25. The molecular formula is C17H28N4O3. The number of amides is 2. The first kappa shape index (κ1) is 18.4. The number of hydrogen-bond donors (Lipinski definition) is 1. The van der Waals surface area contributed by atoms with E-state index in [1.807, 2.05) is 29.5 Å². The first-order valence-corrected chi connectivity index (χ1v) is 8.61. The van der Waals surface area contributed by atoms with Crippen LogP contribution in [0.2, 0.25) is 0 Å². The van der Waals surface area contributed by atoms with Gasteiger partial charge in [0, 0.05) is 32.7 Å². The van der Waals surface area contributed by atoms with Crippen molar-refractivity contribution < 1.29 is 14.3 Å². The molecule has 1 saturated heterocycles. The lowest BCUT2D eigenvalue weighted by atomic mass is 10.0. The topological polar surface area (TPSA) is 76.5 Å². The summed E-state index contributed by atoms with van der Waals surface area (Å²) in [4.78, 5) is 25.9. The lowest BCUT2D eigenvalue weighted by Gasteiger charge is -2.32. The molecule has 0 aromatic carbocycles. The van der Waals surface area contributed by atoms with Gasteiger partial charge in [0.15, 0.2) is 0 Å². The van der Waals surface area contributed by atoms with Crippen molar-refractivity contribution in [2.45, 2.75) is 45.6 Å². The normalized spacial score (nSPS) is 15.8. The molecule has 1 aromatic heterocycles. The van der Waals surface area contributed by atoms with Crippen molar-refractivity contribution in [1.29, 1.82) is 0 Å². The number of aromatic nitrogens is 2. The Hall–Kier alpha value is -1.89. The number of carbonyl (C=O) groups is 2. The highest BCUT2D eigenvalue weighted by Crippen LogP contribution is 2.25. The SMILES string of the molecule is COCCC(=O)N1CCC(n2nccc2NC(=O)CC(C)C)CC1. The van der Waals surface area contributed by atoms with Crippen molar-refractivity contribution in [2.24, 2.45) is 5.92 Å². The minimum Gasteiger partial charge on any atom is -0.384 e. The fraction of sp³-hybridized carbons (Fsp3) is 0.706. The molecule has 134 valence electrons. The predicted molar refractivity (Wildman–Crippen MR) is 91.7 cm³/mol. The summed E-state index contributed by atoms with van der Waals surface area (Å²) in [6.45, 7) is 5.93. The van der Waals surface area contributed by atoms with Crippen LogP contribution in [0.3, 0.4) is 0 Å². The Morgan fingerprint density at radius 2 is 2.08 bits per heavy atom. The summed E-state index contributed by atoms with van der Waals surface area (Å²) in [5, 5.41) is 7.32. The second-order valence-electron chi connectivity index (χ2n) is 6.66. The number of piperidine rings is 1. The minimum absolute atomic E-state index is 0.0129. The molecule has 1 aromatic rings. The molecule has 0 atom stereocenters. The number of ether oxygens (including phenoxy) is 1. The second-order valence-corrected chi connectivity index (χ2v) is 6.66. The monoisotopic (exact) mass is 336 g/mol. The summed E-state index contributed by atoms with van der Waals surface area (Å²) < 4.78 is 6.85. The first-order chi connectivity index (χ1) is 11.5. The van der Waals surface area contributed by atoms with Crippen LogP contribution in [0.1, 0.15) is 45.6 Å². The van der Waals surface area contributed by atoms with Crippen LogP contribution in [0.5, 0.6) is 0 Å². The van der Waals surface area contributed by atoms with E-state index < -0.39 is 0 Å². The molecule has 0 unspecified atom stereocenters. The van der Waals surface area contributed by atoms with Gasteiger partial charge in [-0.2, -0.15) is 5.10 Å². The van der Waals surface area contributed by atoms with Gasteiger partial charge in [0.25, 0.3) is 0 Å². The summed E-state index contributed by atoms with van der Waals surface area (Å²) in [6, 6.07) is 2.04. The Kier molecular flexibility index (Phi) is 6.78. The van der Waals surface area contributed by atoms with Gasteiger partial charge in [-0.25, -0.2) is 4.68 Å². The summed E-state index contributed by atoms with van der Waals surface area (Å²) in [5.74, 6) is 1.22. The molecular weight excluding hydrogens is 308 g/mol. The van der Waals surface area contributed by atoms with Gasteiger partial charge in [0.05, 0.1) is 25.3 Å². The third kappa shape index (κ3) is 5.06. The highest BCUT2D eigenvalue weighted by molar-refractivity contribution is 5.89. The van der Waals surface area contributed by atoms with E-state index in [1.165, 1.54) is 0 Å². The smallest absolute Gasteiger partial charge is 0.225 e. The Morgan fingerprint density at radius 1 is 1.38 bits per heavy atom.